The Morgan fingerprint density at radius 2 is 2.28 bits per heavy atom. The van der Waals surface area contributed by atoms with E-state index in [4.69, 9.17) is 4.74 Å². The van der Waals surface area contributed by atoms with Crippen molar-refractivity contribution >= 4 is 22.3 Å². The van der Waals surface area contributed by atoms with Crippen LogP contribution in [0.5, 0.6) is 0 Å². The van der Waals surface area contributed by atoms with Crippen molar-refractivity contribution in [3.05, 3.63) is 23.0 Å². The van der Waals surface area contributed by atoms with Crippen molar-refractivity contribution in [1.82, 2.24) is 9.38 Å². The van der Waals surface area contributed by atoms with Gasteiger partial charge < -0.3 is 4.74 Å². The topological polar surface area (TPSA) is 43.6 Å². The first kappa shape index (κ1) is 13.1. The molecule has 0 spiro atoms. The summed E-state index contributed by atoms with van der Waals surface area (Å²) in [6.45, 7) is 4.50. The lowest BCUT2D eigenvalue weighted by Gasteiger charge is -2.04. The molecule has 0 fully saturated rings. The minimum Gasteiger partial charge on any atom is -0.461 e. The van der Waals surface area contributed by atoms with Gasteiger partial charge in [0.25, 0.3) is 0 Å². The summed E-state index contributed by atoms with van der Waals surface area (Å²) in [6.07, 6.45) is 6.28. The first-order chi connectivity index (χ1) is 8.74. The van der Waals surface area contributed by atoms with E-state index in [0.717, 1.165) is 23.5 Å². The van der Waals surface area contributed by atoms with Gasteiger partial charge in [0.1, 0.15) is 0 Å². The lowest BCUT2D eigenvalue weighted by atomic mass is 10.2. The second-order valence-corrected chi connectivity index (χ2v) is 5.17. The summed E-state index contributed by atoms with van der Waals surface area (Å²) in [7, 11) is 0. The summed E-state index contributed by atoms with van der Waals surface area (Å²) in [5.74, 6) is -0.269. The molecule has 0 saturated heterocycles. The second-order valence-electron chi connectivity index (χ2n) is 4.30. The number of carbonyl (C=O) groups is 1. The van der Waals surface area contributed by atoms with Crippen molar-refractivity contribution in [3.63, 3.8) is 0 Å². The third kappa shape index (κ3) is 2.72. The summed E-state index contributed by atoms with van der Waals surface area (Å²) >= 11 is 1.52. The molecule has 98 valence electrons. The second kappa shape index (κ2) is 6.00. The number of carbonyl (C=O) groups excluding carboxylic acids is 1. The van der Waals surface area contributed by atoms with Crippen LogP contribution >= 0.6 is 11.3 Å². The highest BCUT2D eigenvalue weighted by atomic mass is 32.1. The third-order valence-corrected chi connectivity index (χ3v) is 3.62. The number of hydrogen-bond donors (Lipinski definition) is 0. The van der Waals surface area contributed by atoms with Crippen LogP contribution < -0.4 is 0 Å². The molecule has 0 unspecified atom stereocenters. The van der Waals surface area contributed by atoms with Gasteiger partial charge in [0.05, 0.1) is 12.3 Å². The molecule has 5 heteroatoms. The maximum Gasteiger partial charge on any atom is 0.357 e. The molecule has 2 aromatic heterocycles. The molecule has 2 rings (SSSR count). The van der Waals surface area contributed by atoms with E-state index in [1.54, 1.807) is 4.40 Å². The molecule has 0 aliphatic rings. The van der Waals surface area contributed by atoms with Crippen molar-refractivity contribution in [2.45, 2.75) is 39.5 Å². The van der Waals surface area contributed by atoms with E-state index in [9.17, 15) is 4.79 Å². The minimum atomic E-state index is -0.269. The monoisotopic (exact) mass is 266 g/mol. The smallest absolute Gasteiger partial charge is 0.357 e. The number of fused-ring (bicyclic) bond motifs is 1. The Balaban J connectivity index is 1.96. The average molecular weight is 266 g/mol. The lowest BCUT2D eigenvalue weighted by Crippen LogP contribution is -2.10. The first-order valence-electron chi connectivity index (χ1n) is 6.33. The fraction of sp³-hybridized carbons (Fsp3) is 0.538. The maximum atomic E-state index is 12.0. The highest BCUT2D eigenvalue weighted by Crippen LogP contribution is 2.17. The Bertz CT molecular complexity index is 530. The van der Waals surface area contributed by atoms with Crippen LogP contribution in [0.25, 0.3) is 4.96 Å². The number of imidazole rings is 1. The number of ether oxygens (including phenoxy) is 1. The normalized spacial score (nSPS) is 11.0. The van der Waals surface area contributed by atoms with Crippen molar-refractivity contribution in [2.75, 3.05) is 6.61 Å². The van der Waals surface area contributed by atoms with Gasteiger partial charge in [0, 0.05) is 11.6 Å². The fourth-order valence-electron chi connectivity index (χ4n) is 1.90. The van der Waals surface area contributed by atoms with Crippen LogP contribution in [0.15, 0.2) is 11.6 Å². The zero-order chi connectivity index (χ0) is 13.0. The van der Waals surface area contributed by atoms with E-state index in [1.165, 1.54) is 24.2 Å². The summed E-state index contributed by atoms with van der Waals surface area (Å²) in [6, 6.07) is 0. The molecule has 18 heavy (non-hydrogen) atoms. The van der Waals surface area contributed by atoms with E-state index in [0.29, 0.717) is 12.3 Å². The number of hydrogen-bond acceptors (Lipinski definition) is 4. The van der Waals surface area contributed by atoms with Crippen LogP contribution in [0.1, 0.15) is 48.8 Å². The molecule has 0 amide bonds. The zero-order valence-electron chi connectivity index (χ0n) is 10.8. The molecule has 0 bridgehead atoms. The molecule has 0 radical (unpaired) electrons. The van der Waals surface area contributed by atoms with Gasteiger partial charge in [0.15, 0.2) is 10.7 Å². The van der Waals surface area contributed by atoms with Crippen molar-refractivity contribution in [1.29, 1.82) is 0 Å². The standard InChI is InChI=1S/C13H18N2O2S/c1-3-4-5-6-8-17-12(16)11-10(2)14-13-15(11)7-9-18-13/h7,9H,3-6,8H2,1-2H3. The summed E-state index contributed by atoms with van der Waals surface area (Å²) in [4.78, 5) is 17.2. The molecule has 0 saturated carbocycles. The van der Waals surface area contributed by atoms with Gasteiger partial charge in [-0.15, -0.1) is 11.3 Å². The van der Waals surface area contributed by atoms with E-state index >= 15 is 0 Å². The van der Waals surface area contributed by atoms with E-state index in [1.807, 2.05) is 18.5 Å². The largest absolute Gasteiger partial charge is 0.461 e. The Morgan fingerprint density at radius 3 is 3.06 bits per heavy atom. The van der Waals surface area contributed by atoms with E-state index in [2.05, 4.69) is 11.9 Å². The van der Waals surface area contributed by atoms with Gasteiger partial charge in [-0.05, 0) is 13.3 Å². The number of rotatable bonds is 6. The molecule has 0 aliphatic heterocycles. The average Bonchev–Trinajstić information content (AvgIpc) is 2.88. The summed E-state index contributed by atoms with van der Waals surface area (Å²) in [5.41, 5.74) is 1.29. The summed E-state index contributed by atoms with van der Waals surface area (Å²) in [5, 5.41) is 1.92. The fourth-order valence-corrected chi connectivity index (χ4v) is 2.66. The van der Waals surface area contributed by atoms with E-state index in [-0.39, 0.29) is 5.97 Å². The molecule has 2 heterocycles. The number of thiazole rings is 1. The first-order valence-corrected chi connectivity index (χ1v) is 7.21. The van der Waals surface area contributed by atoms with Gasteiger partial charge >= 0.3 is 5.97 Å². The van der Waals surface area contributed by atoms with Gasteiger partial charge in [-0.2, -0.15) is 0 Å². The molecule has 0 aromatic carbocycles. The highest BCUT2D eigenvalue weighted by Gasteiger charge is 2.18. The number of nitrogens with zero attached hydrogens (tertiary/aromatic N) is 2. The number of aryl methyl sites for hydroxylation is 1. The molecule has 0 atom stereocenters. The number of esters is 1. The summed E-state index contributed by atoms with van der Waals surface area (Å²) < 4.78 is 7.10. The van der Waals surface area contributed by atoms with Crippen molar-refractivity contribution in [2.24, 2.45) is 0 Å². The van der Waals surface area contributed by atoms with Gasteiger partial charge in [0.2, 0.25) is 0 Å². The van der Waals surface area contributed by atoms with Crippen LogP contribution in [0.3, 0.4) is 0 Å². The van der Waals surface area contributed by atoms with Crippen molar-refractivity contribution in [3.8, 4) is 0 Å². The van der Waals surface area contributed by atoms with Crippen LogP contribution in [0, 0.1) is 6.92 Å². The van der Waals surface area contributed by atoms with Crippen molar-refractivity contribution < 1.29 is 9.53 Å². The van der Waals surface area contributed by atoms with Crippen LogP contribution in [0.2, 0.25) is 0 Å². The van der Waals surface area contributed by atoms with Gasteiger partial charge in [-0.1, -0.05) is 26.2 Å². The predicted molar refractivity (Wildman–Crippen MR) is 72.2 cm³/mol. The van der Waals surface area contributed by atoms with E-state index < -0.39 is 0 Å². The molecule has 2 aromatic rings. The zero-order valence-corrected chi connectivity index (χ0v) is 11.6. The van der Waals surface area contributed by atoms with Gasteiger partial charge in [-0.3, -0.25) is 4.40 Å². The van der Waals surface area contributed by atoms with Crippen LogP contribution in [-0.2, 0) is 4.74 Å². The SMILES string of the molecule is CCCCCCOC(=O)c1c(C)nc2sccn12. The molecule has 0 N–H and O–H groups in total. The molecule has 4 nitrogen and oxygen atoms in total. The molecule has 0 aliphatic carbocycles. The van der Waals surface area contributed by atoms with Crippen LogP contribution in [0.4, 0.5) is 0 Å². The lowest BCUT2D eigenvalue weighted by molar-refractivity contribution is 0.0489. The molecular weight excluding hydrogens is 248 g/mol. The Hall–Kier alpha value is -1.36. The Labute approximate surface area is 111 Å². The van der Waals surface area contributed by atoms with Crippen LogP contribution in [-0.4, -0.2) is 22.0 Å². The Morgan fingerprint density at radius 1 is 1.44 bits per heavy atom. The highest BCUT2D eigenvalue weighted by molar-refractivity contribution is 7.15. The minimum absolute atomic E-state index is 0.269. The Kier molecular flexibility index (Phi) is 4.36. The molecular formula is C13H18N2O2S. The predicted octanol–water partition coefficient (Wildman–Crippen LogP) is 3.44. The third-order valence-electron chi connectivity index (χ3n) is 2.86. The maximum absolute atomic E-state index is 12.0. The number of aromatic nitrogens is 2. The quantitative estimate of drug-likeness (QED) is 0.594. The van der Waals surface area contributed by atoms with Gasteiger partial charge in [-0.25, -0.2) is 9.78 Å². The number of unbranched alkanes of at least 4 members (excludes halogenated alkanes) is 3.